The quantitative estimate of drug-likeness (QED) is 0.0691. The van der Waals surface area contributed by atoms with Crippen LogP contribution in [-0.2, 0) is 43.2 Å². The lowest BCUT2D eigenvalue weighted by molar-refractivity contribution is -0.790. The molecule has 3 saturated carbocycles. The summed E-state index contributed by atoms with van der Waals surface area (Å²) in [5, 5.41) is 40.5. The van der Waals surface area contributed by atoms with Crippen LogP contribution in [0.4, 0.5) is 0 Å². The number of allylic oxidation sites excluding steroid dienone is 4. The van der Waals surface area contributed by atoms with Gasteiger partial charge < -0.3 is 29.1 Å². The molecule has 0 spiro atoms. The summed E-state index contributed by atoms with van der Waals surface area (Å²) in [5.41, 5.74) is -3.27. The van der Waals surface area contributed by atoms with E-state index < -0.39 is 104 Å². The summed E-state index contributed by atoms with van der Waals surface area (Å²) < 4.78 is 11.4. The van der Waals surface area contributed by atoms with E-state index in [1.165, 1.54) is 6.08 Å². The maximum absolute atomic E-state index is 14.4. The average Bonchev–Trinajstić information content (AvgIpc) is 3.27. The number of alkyl halides is 1. The van der Waals surface area contributed by atoms with E-state index in [2.05, 4.69) is 14.5 Å². The van der Waals surface area contributed by atoms with Crippen LogP contribution >= 0.6 is 11.6 Å². The fourth-order valence-electron chi connectivity index (χ4n) is 9.22. The molecule has 4 aliphatic rings. The summed E-state index contributed by atoms with van der Waals surface area (Å²) >= 11 is 7.52. The van der Waals surface area contributed by atoms with Crippen LogP contribution in [-0.4, -0.2) is 86.4 Å². The zero-order chi connectivity index (χ0) is 38.6. The van der Waals surface area contributed by atoms with Crippen LogP contribution in [0.2, 0.25) is 0 Å². The fraction of sp³-hybridized carbons (Fsp3) is 0.750. The molecule has 0 heterocycles. The van der Waals surface area contributed by atoms with Gasteiger partial charge in [0.05, 0.1) is 17.6 Å². The van der Waals surface area contributed by atoms with E-state index in [9.17, 15) is 54.6 Å². The van der Waals surface area contributed by atoms with E-state index in [4.69, 9.17) is 21.1 Å². The third-order valence-electron chi connectivity index (χ3n) is 11.5. The van der Waals surface area contributed by atoms with Gasteiger partial charge in [-0.15, -0.1) is 41.9 Å². The highest BCUT2D eigenvalue weighted by Crippen LogP contribution is 2.72. The van der Waals surface area contributed by atoms with Crippen molar-refractivity contribution in [2.24, 2.45) is 28.6 Å². The molecule has 0 amide bonds. The molecule has 0 aromatic rings. The third kappa shape index (κ3) is 7.55. The van der Waals surface area contributed by atoms with Crippen LogP contribution in [0, 0.1) is 58.9 Å². The topological polar surface area (TPSA) is 264 Å². The highest BCUT2D eigenvalue weighted by molar-refractivity contribution is 6.26. The summed E-state index contributed by atoms with van der Waals surface area (Å²) in [7, 11) is 0. The molecule has 288 valence electrons. The zero-order valence-corrected chi connectivity index (χ0v) is 29.7. The number of ether oxygens (including phenoxy) is 2. The number of Topliss-reactive ketones (excluding diaryl/α,β-unsaturated/α-hetero) is 1. The number of aliphatic hydroxyl groups excluding tert-OH is 1. The number of halogens is 1. The van der Waals surface area contributed by atoms with Gasteiger partial charge in [-0.3, -0.25) is 19.2 Å². The Hall–Kier alpha value is -4.39. The van der Waals surface area contributed by atoms with E-state index >= 15 is 0 Å². The van der Waals surface area contributed by atoms with Crippen LogP contribution in [0.15, 0.2) is 23.8 Å². The Balaban J connectivity index is 1.57. The van der Waals surface area contributed by atoms with Gasteiger partial charge in [-0.2, -0.15) is 0 Å². The molecule has 4 aliphatic carbocycles. The fourth-order valence-corrected chi connectivity index (χ4v) is 9.74. The van der Waals surface area contributed by atoms with Crippen molar-refractivity contribution < 1.29 is 63.5 Å². The Morgan fingerprint density at radius 3 is 2.35 bits per heavy atom. The van der Waals surface area contributed by atoms with E-state index in [-0.39, 0.29) is 44.3 Å². The molecule has 19 nitrogen and oxygen atoms in total. The number of carbonyl (C=O) groups is 4. The van der Waals surface area contributed by atoms with Gasteiger partial charge in [0.2, 0.25) is 5.78 Å². The van der Waals surface area contributed by atoms with Crippen molar-refractivity contribution in [3.63, 3.8) is 0 Å². The standard InChI is InChI=1S/C32H42ClN3O16/c1-19-14-24-23-10-9-20-15-21(37)11-12-29(20,2)31(23,33)25(38)16-30(24,3)32(19,51-28(41)8-5-13-49-34(42)43)26(39)18-48-27(40)7-4-6-22(52-36(46)47)17-50-35(44)45/h11-12,15,19,22-25,38H,4-10,13-14,16-18H2,1-3H3/t19-,22?,23?,24?,25-,29-,30-,31-,32-/m0/s1. The first-order valence-electron chi connectivity index (χ1n) is 16.9. The first-order valence-corrected chi connectivity index (χ1v) is 17.3. The van der Waals surface area contributed by atoms with E-state index in [0.717, 1.165) is 5.57 Å². The van der Waals surface area contributed by atoms with E-state index in [1.807, 2.05) is 6.92 Å². The molecule has 9 atom stereocenters. The first-order chi connectivity index (χ1) is 24.3. The number of fused-ring (bicyclic) bond motifs is 5. The summed E-state index contributed by atoms with van der Waals surface area (Å²) in [4.78, 5) is 96.1. The van der Waals surface area contributed by atoms with Gasteiger partial charge in [0.1, 0.15) is 12.7 Å². The maximum Gasteiger partial charge on any atom is 0.306 e. The number of carbonyl (C=O) groups excluding carboxylic acids is 4. The van der Waals surface area contributed by atoms with Crippen LogP contribution in [0.1, 0.15) is 78.6 Å². The lowest BCUT2D eigenvalue weighted by Crippen LogP contribution is -2.69. The van der Waals surface area contributed by atoms with Gasteiger partial charge in [-0.25, -0.2) is 0 Å². The van der Waals surface area contributed by atoms with Crippen LogP contribution in [0.3, 0.4) is 0 Å². The SMILES string of the molecule is C[C@H]1CC2C3CCC4=CC(=O)C=C[C@]4(C)[C@@]3(Cl)[C@@H](O)C[C@]2(C)[C@@]1(OC(=O)CCCO[N+](=O)[O-])C(=O)COC(=O)CCCC(CO[N+](=O)[O-])O[N+](=O)[O-]. The summed E-state index contributed by atoms with van der Waals surface area (Å²) in [6.45, 7) is 3.32. The molecule has 0 aromatic carbocycles. The molecular formula is C32H42ClN3O16. The normalized spacial score (nSPS) is 33.6. The molecule has 0 aliphatic heterocycles. The molecular weight excluding hydrogens is 718 g/mol. The molecule has 52 heavy (non-hydrogen) atoms. The number of hydrogen-bond donors (Lipinski definition) is 1. The molecule has 0 aromatic heterocycles. The van der Waals surface area contributed by atoms with Crippen LogP contribution in [0.5, 0.6) is 0 Å². The van der Waals surface area contributed by atoms with Crippen molar-refractivity contribution >= 4 is 35.1 Å². The van der Waals surface area contributed by atoms with E-state index in [1.54, 1.807) is 26.0 Å². The molecule has 20 heteroatoms. The summed E-state index contributed by atoms with van der Waals surface area (Å²) in [5.74, 6) is -4.17. The second-order valence-corrected chi connectivity index (χ2v) is 14.8. The minimum absolute atomic E-state index is 0.0872. The predicted octanol–water partition coefficient (Wildman–Crippen LogP) is 3.21. The molecule has 3 fully saturated rings. The lowest BCUT2D eigenvalue weighted by Gasteiger charge is -2.64. The number of hydrogen-bond acceptors (Lipinski definition) is 16. The Bertz CT molecular complexity index is 1540. The minimum Gasteiger partial charge on any atom is -0.457 e. The number of esters is 2. The molecule has 3 unspecified atom stereocenters. The highest BCUT2D eigenvalue weighted by atomic mass is 35.5. The van der Waals surface area contributed by atoms with Gasteiger partial charge in [0.15, 0.2) is 18.0 Å². The maximum atomic E-state index is 14.4. The van der Waals surface area contributed by atoms with Crippen molar-refractivity contribution in [1.82, 2.24) is 0 Å². The van der Waals surface area contributed by atoms with Crippen LogP contribution in [0.25, 0.3) is 0 Å². The Morgan fingerprint density at radius 2 is 1.69 bits per heavy atom. The largest absolute Gasteiger partial charge is 0.457 e. The number of rotatable bonds is 18. The molecule has 4 rings (SSSR count). The monoisotopic (exact) mass is 759 g/mol. The van der Waals surface area contributed by atoms with Crippen molar-refractivity contribution in [3.05, 3.63) is 54.1 Å². The number of aliphatic hydroxyl groups is 1. The second kappa shape index (κ2) is 15.7. The van der Waals surface area contributed by atoms with Gasteiger partial charge in [0, 0.05) is 29.6 Å². The third-order valence-corrected chi connectivity index (χ3v) is 12.4. The molecule has 1 N–H and O–H groups in total. The van der Waals surface area contributed by atoms with E-state index in [0.29, 0.717) is 19.3 Å². The smallest absolute Gasteiger partial charge is 0.306 e. The first kappa shape index (κ1) is 40.4. The average molecular weight is 760 g/mol. The van der Waals surface area contributed by atoms with Crippen molar-refractivity contribution in [3.8, 4) is 0 Å². The van der Waals surface area contributed by atoms with Crippen molar-refractivity contribution in [2.75, 3.05) is 19.8 Å². The number of ketones is 2. The van der Waals surface area contributed by atoms with Gasteiger partial charge in [-0.1, -0.05) is 32.4 Å². The zero-order valence-electron chi connectivity index (χ0n) is 28.9. The van der Waals surface area contributed by atoms with Crippen molar-refractivity contribution in [1.29, 1.82) is 0 Å². The Labute approximate surface area is 302 Å². The van der Waals surface area contributed by atoms with Crippen molar-refractivity contribution in [2.45, 2.75) is 101 Å². The molecule has 0 bridgehead atoms. The van der Waals surface area contributed by atoms with Crippen LogP contribution < -0.4 is 0 Å². The minimum atomic E-state index is -1.93. The Morgan fingerprint density at radius 1 is 1.02 bits per heavy atom. The molecule has 0 saturated heterocycles. The molecule has 0 radical (unpaired) electrons. The Kier molecular flexibility index (Phi) is 12.2. The summed E-state index contributed by atoms with van der Waals surface area (Å²) in [6.07, 6.45) is 2.19. The lowest BCUT2D eigenvalue weighted by atomic mass is 9.45. The summed E-state index contributed by atoms with van der Waals surface area (Å²) in [6, 6.07) is 0. The van der Waals surface area contributed by atoms with Gasteiger partial charge >= 0.3 is 11.9 Å². The van der Waals surface area contributed by atoms with Gasteiger partial charge in [0.25, 0.3) is 15.3 Å². The number of nitrogens with zero attached hydrogens (tertiary/aromatic N) is 3. The van der Waals surface area contributed by atoms with Gasteiger partial charge in [-0.05, 0) is 68.9 Å². The second-order valence-electron chi connectivity index (χ2n) is 14.2. The predicted molar refractivity (Wildman–Crippen MR) is 173 cm³/mol. The highest BCUT2D eigenvalue weighted by Gasteiger charge is 2.76.